The molecule has 0 radical (unpaired) electrons. The number of amides is 1. The first-order chi connectivity index (χ1) is 20.2. The van der Waals surface area contributed by atoms with E-state index in [4.69, 9.17) is 14.5 Å². The monoisotopic (exact) mass is 607 g/mol. The summed E-state index contributed by atoms with van der Waals surface area (Å²) in [6, 6.07) is 18.6. The van der Waals surface area contributed by atoms with E-state index >= 15 is 0 Å². The van der Waals surface area contributed by atoms with Gasteiger partial charge >= 0.3 is 0 Å². The van der Waals surface area contributed by atoms with E-state index in [-0.39, 0.29) is 30.5 Å². The Balaban J connectivity index is 1.42. The number of methoxy groups -OCH3 is 2. The van der Waals surface area contributed by atoms with Crippen LogP contribution < -0.4 is 9.64 Å². The normalized spacial score (nSPS) is 18.4. The highest BCUT2D eigenvalue weighted by atomic mass is 32.2. The first-order valence-corrected chi connectivity index (χ1v) is 16.0. The van der Waals surface area contributed by atoms with E-state index in [2.05, 4.69) is 9.88 Å². The number of rotatable bonds is 9. The van der Waals surface area contributed by atoms with Gasteiger partial charge in [-0.05, 0) is 41.8 Å². The molecule has 0 aliphatic carbocycles. The van der Waals surface area contributed by atoms with E-state index in [1.807, 2.05) is 53.4 Å². The maximum Gasteiger partial charge on any atom is 0.243 e. The number of anilines is 2. The number of nitrogens with zero attached hydrogens (tertiary/aromatic N) is 5. The lowest BCUT2D eigenvalue weighted by Crippen LogP contribution is -2.36. The van der Waals surface area contributed by atoms with Crippen LogP contribution in [0.5, 0.6) is 5.88 Å². The van der Waals surface area contributed by atoms with Gasteiger partial charge in [-0.25, -0.2) is 18.4 Å². The third-order valence-electron chi connectivity index (χ3n) is 8.13. The lowest BCUT2D eigenvalue weighted by atomic mass is 9.81. The SMILES string of the molecule is COCCN(Cc1ccccc1)S(=O)(=O)c1ccc2c(c1)C1(CCN(C(C)=O)C1)CN2c1nc2ccc(OC)nc2s1. The summed E-state index contributed by atoms with van der Waals surface area (Å²) in [5.74, 6) is 0.535. The average molecular weight is 608 g/mol. The zero-order valence-corrected chi connectivity index (χ0v) is 25.5. The number of carbonyl (C=O) groups excluding carboxylic acids is 1. The molecule has 1 spiro atoms. The van der Waals surface area contributed by atoms with Crippen LogP contribution in [0, 0.1) is 0 Å². The summed E-state index contributed by atoms with van der Waals surface area (Å²) in [5.41, 5.74) is 3.06. The Kier molecular flexibility index (Phi) is 7.64. The minimum Gasteiger partial charge on any atom is -0.481 e. The van der Waals surface area contributed by atoms with E-state index in [0.717, 1.165) is 38.7 Å². The van der Waals surface area contributed by atoms with Crippen LogP contribution in [0.15, 0.2) is 65.6 Å². The molecule has 220 valence electrons. The van der Waals surface area contributed by atoms with E-state index in [9.17, 15) is 13.2 Å². The van der Waals surface area contributed by atoms with Crippen molar-refractivity contribution in [2.24, 2.45) is 0 Å². The van der Waals surface area contributed by atoms with Gasteiger partial charge in [-0.2, -0.15) is 4.31 Å². The molecule has 4 heterocycles. The van der Waals surface area contributed by atoms with Gasteiger partial charge < -0.3 is 19.3 Å². The highest BCUT2D eigenvalue weighted by molar-refractivity contribution is 7.89. The largest absolute Gasteiger partial charge is 0.481 e. The third-order valence-corrected chi connectivity index (χ3v) is 11.0. The highest BCUT2D eigenvalue weighted by Crippen LogP contribution is 2.51. The van der Waals surface area contributed by atoms with Crippen molar-refractivity contribution in [3.63, 3.8) is 0 Å². The van der Waals surface area contributed by atoms with Gasteiger partial charge in [0.25, 0.3) is 0 Å². The molecule has 42 heavy (non-hydrogen) atoms. The number of sulfonamides is 1. The maximum atomic E-state index is 14.1. The van der Waals surface area contributed by atoms with Gasteiger partial charge in [0.15, 0.2) is 5.13 Å². The van der Waals surface area contributed by atoms with Gasteiger partial charge in [-0.15, -0.1) is 0 Å². The second kappa shape index (κ2) is 11.3. The molecule has 2 aliphatic heterocycles. The molecule has 4 aromatic rings. The Hall–Kier alpha value is -3.58. The quantitative estimate of drug-likeness (QED) is 0.279. The molecule has 1 amide bonds. The zero-order chi connectivity index (χ0) is 29.5. The number of pyridine rings is 1. The van der Waals surface area contributed by atoms with Crippen LogP contribution in [0.3, 0.4) is 0 Å². The first kappa shape index (κ1) is 28.5. The van der Waals surface area contributed by atoms with Crippen LogP contribution in [0.25, 0.3) is 10.3 Å². The molecule has 1 fully saturated rings. The Morgan fingerprint density at radius 2 is 1.88 bits per heavy atom. The molecule has 0 saturated carbocycles. The summed E-state index contributed by atoms with van der Waals surface area (Å²) in [5, 5.41) is 0.770. The number of fused-ring (bicyclic) bond motifs is 3. The number of benzene rings is 2. The minimum atomic E-state index is -3.86. The Morgan fingerprint density at radius 1 is 1.07 bits per heavy atom. The molecule has 6 rings (SSSR count). The molecule has 2 aromatic heterocycles. The van der Waals surface area contributed by atoms with Crippen molar-refractivity contribution in [3.8, 4) is 5.88 Å². The third kappa shape index (κ3) is 5.13. The predicted molar refractivity (Wildman–Crippen MR) is 162 cm³/mol. The van der Waals surface area contributed by atoms with Crippen molar-refractivity contribution in [1.29, 1.82) is 0 Å². The van der Waals surface area contributed by atoms with Crippen LogP contribution in [0.2, 0.25) is 0 Å². The number of thiazole rings is 1. The van der Waals surface area contributed by atoms with Crippen LogP contribution >= 0.6 is 11.3 Å². The Labute approximate surface area is 249 Å². The van der Waals surface area contributed by atoms with E-state index in [1.54, 1.807) is 33.3 Å². The summed E-state index contributed by atoms with van der Waals surface area (Å²) in [7, 11) is -0.714. The van der Waals surface area contributed by atoms with E-state index in [1.165, 1.54) is 15.6 Å². The zero-order valence-electron chi connectivity index (χ0n) is 23.8. The van der Waals surface area contributed by atoms with Crippen LogP contribution in [-0.2, 0) is 31.5 Å². The number of hydrogen-bond donors (Lipinski definition) is 0. The van der Waals surface area contributed by atoms with Gasteiger partial charge in [-0.3, -0.25) is 4.79 Å². The minimum absolute atomic E-state index is 0.0144. The molecule has 1 atom stereocenters. The maximum absolute atomic E-state index is 14.1. The standard InChI is InChI=1S/C30H33N5O5S2/c1-21(36)33-14-13-30(19-33)20-35(29-31-25-10-12-27(40-3)32-28(25)41-29)26-11-9-23(17-24(26)30)42(37,38)34(15-16-39-2)18-22-7-5-4-6-8-22/h4-12,17H,13-16,18-20H2,1-3H3. The number of ether oxygens (including phenoxy) is 2. The van der Waals surface area contributed by atoms with Gasteiger partial charge in [0.2, 0.25) is 21.8 Å². The Morgan fingerprint density at radius 3 is 2.60 bits per heavy atom. The number of carbonyl (C=O) groups is 1. The van der Waals surface area contributed by atoms with Crippen LogP contribution in [0.1, 0.15) is 24.5 Å². The number of aromatic nitrogens is 2. The van der Waals surface area contributed by atoms with Crippen molar-refractivity contribution in [1.82, 2.24) is 19.2 Å². The summed E-state index contributed by atoms with van der Waals surface area (Å²) in [6.07, 6.45) is 0.730. The van der Waals surface area contributed by atoms with Gasteiger partial charge in [0.1, 0.15) is 10.3 Å². The molecule has 1 unspecified atom stereocenters. The summed E-state index contributed by atoms with van der Waals surface area (Å²) < 4.78 is 40.2. The van der Waals surface area contributed by atoms with E-state index < -0.39 is 15.4 Å². The summed E-state index contributed by atoms with van der Waals surface area (Å²) in [6.45, 7) is 4.04. The summed E-state index contributed by atoms with van der Waals surface area (Å²) in [4.78, 5) is 26.8. The molecule has 12 heteroatoms. The smallest absolute Gasteiger partial charge is 0.243 e. The summed E-state index contributed by atoms with van der Waals surface area (Å²) >= 11 is 1.46. The lowest BCUT2D eigenvalue weighted by molar-refractivity contribution is -0.127. The molecule has 1 saturated heterocycles. The van der Waals surface area contributed by atoms with Crippen molar-refractivity contribution in [3.05, 3.63) is 71.8 Å². The number of hydrogen-bond acceptors (Lipinski definition) is 9. The second-order valence-corrected chi connectivity index (χ2v) is 13.6. The van der Waals surface area contributed by atoms with Crippen LogP contribution in [-0.4, -0.2) is 80.5 Å². The van der Waals surface area contributed by atoms with Crippen molar-refractivity contribution < 1.29 is 22.7 Å². The molecule has 10 nitrogen and oxygen atoms in total. The Bertz CT molecular complexity index is 1730. The van der Waals surface area contributed by atoms with Crippen molar-refractivity contribution >= 4 is 48.4 Å². The van der Waals surface area contributed by atoms with E-state index in [0.29, 0.717) is 25.5 Å². The first-order valence-electron chi connectivity index (χ1n) is 13.8. The molecular weight excluding hydrogens is 574 g/mol. The molecule has 2 aliphatic rings. The van der Waals surface area contributed by atoms with Gasteiger partial charge in [0.05, 0.1) is 18.6 Å². The fourth-order valence-electron chi connectivity index (χ4n) is 5.90. The predicted octanol–water partition coefficient (Wildman–Crippen LogP) is 4.18. The highest BCUT2D eigenvalue weighted by Gasteiger charge is 2.49. The lowest BCUT2D eigenvalue weighted by Gasteiger charge is -2.26. The van der Waals surface area contributed by atoms with Crippen molar-refractivity contribution in [2.75, 3.05) is 51.9 Å². The van der Waals surface area contributed by atoms with Gasteiger partial charge in [-0.1, -0.05) is 41.7 Å². The second-order valence-electron chi connectivity index (χ2n) is 10.7. The van der Waals surface area contributed by atoms with Gasteiger partial charge in [0, 0.05) is 63.9 Å². The van der Waals surface area contributed by atoms with Crippen molar-refractivity contribution in [2.45, 2.75) is 30.2 Å². The topological polar surface area (TPSA) is 105 Å². The fraction of sp³-hybridized carbons (Fsp3) is 0.367. The van der Waals surface area contributed by atoms with Crippen LogP contribution in [0.4, 0.5) is 10.8 Å². The number of likely N-dealkylation sites (tertiary alicyclic amines) is 1. The molecular formula is C30H33N5O5S2. The fourth-order valence-corrected chi connectivity index (χ4v) is 8.28. The molecule has 0 bridgehead atoms. The average Bonchev–Trinajstić information content (AvgIpc) is 3.71. The molecule has 2 aromatic carbocycles. The molecule has 0 N–H and O–H groups in total.